The van der Waals surface area contributed by atoms with E-state index < -0.39 is 0 Å². The van der Waals surface area contributed by atoms with Gasteiger partial charge in [0.25, 0.3) is 0 Å². The molecular weight excluding hydrogens is 222 g/mol. The summed E-state index contributed by atoms with van der Waals surface area (Å²) in [5.41, 5.74) is 0. The highest BCUT2D eigenvalue weighted by atomic mass is 16.6. The van der Waals surface area contributed by atoms with Crippen molar-refractivity contribution in [1.82, 2.24) is 5.32 Å². The molecular formula is C12H19NO4. The van der Waals surface area contributed by atoms with Gasteiger partial charge in [0.2, 0.25) is 5.91 Å². The molecule has 0 bridgehead atoms. The molecule has 0 saturated carbocycles. The molecule has 0 aromatic heterocycles. The fourth-order valence-corrected chi connectivity index (χ4v) is 2.54. The predicted molar refractivity (Wildman–Crippen MR) is 61.4 cm³/mol. The molecule has 2 saturated heterocycles. The smallest absolute Gasteiger partial charge is 0.243 e. The maximum Gasteiger partial charge on any atom is 0.243 e. The maximum atomic E-state index is 11.0. The van der Waals surface area contributed by atoms with Crippen LogP contribution in [-0.4, -0.2) is 48.6 Å². The third-order valence-electron chi connectivity index (χ3n) is 3.53. The standard InChI is InChI=1S/C12H19NO4/c1-3-11(15)13-5-8-4-9-12(16-8)7(2)10(6-14)17-9/h3,7-10,12,14H,1,4-6H2,2H3,(H,13,15)/t7-,8-,9+,10-,12+/m1/s1. The lowest BCUT2D eigenvalue weighted by atomic mass is 9.99. The van der Waals surface area contributed by atoms with Gasteiger partial charge in [-0.2, -0.15) is 0 Å². The van der Waals surface area contributed by atoms with Crippen LogP contribution in [0.2, 0.25) is 0 Å². The Labute approximate surface area is 101 Å². The first-order valence-electron chi connectivity index (χ1n) is 5.97. The summed E-state index contributed by atoms with van der Waals surface area (Å²) in [7, 11) is 0. The van der Waals surface area contributed by atoms with Crippen molar-refractivity contribution in [2.24, 2.45) is 5.92 Å². The molecule has 2 aliphatic rings. The van der Waals surface area contributed by atoms with Crippen molar-refractivity contribution in [1.29, 1.82) is 0 Å². The average Bonchev–Trinajstić information content (AvgIpc) is 2.86. The monoisotopic (exact) mass is 241 g/mol. The minimum Gasteiger partial charge on any atom is -0.394 e. The van der Waals surface area contributed by atoms with Gasteiger partial charge >= 0.3 is 0 Å². The number of rotatable bonds is 4. The molecule has 96 valence electrons. The van der Waals surface area contributed by atoms with Crippen molar-refractivity contribution in [3.05, 3.63) is 12.7 Å². The van der Waals surface area contributed by atoms with E-state index in [0.29, 0.717) is 6.54 Å². The van der Waals surface area contributed by atoms with Gasteiger partial charge in [0.1, 0.15) is 0 Å². The highest BCUT2D eigenvalue weighted by Crippen LogP contribution is 2.37. The van der Waals surface area contributed by atoms with E-state index in [4.69, 9.17) is 14.6 Å². The van der Waals surface area contributed by atoms with Gasteiger partial charge < -0.3 is 19.9 Å². The molecule has 5 heteroatoms. The van der Waals surface area contributed by atoms with Gasteiger partial charge in [-0.3, -0.25) is 4.79 Å². The molecule has 0 aromatic carbocycles. The number of hydrogen-bond acceptors (Lipinski definition) is 4. The summed E-state index contributed by atoms with van der Waals surface area (Å²) < 4.78 is 11.5. The second-order valence-electron chi connectivity index (χ2n) is 4.66. The Balaban J connectivity index is 1.82. The number of fused-ring (bicyclic) bond motifs is 1. The molecule has 1 amide bonds. The van der Waals surface area contributed by atoms with Crippen molar-refractivity contribution in [2.75, 3.05) is 13.2 Å². The van der Waals surface area contributed by atoms with E-state index in [9.17, 15) is 4.79 Å². The molecule has 2 fully saturated rings. The van der Waals surface area contributed by atoms with Gasteiger partial charge in [0, 0.05) is 18.9 Å². The quantitative estimate of drug-likeness (QED) is 0.671. The largest absolute Gasteiger partial charge is 0.394 e. The summed E-state index contributed by atoms with van der Waals surface area (Å²) >= 11 is 0. The molecule has 2 rings (SSSR count). The number of aliphatic hydroxyl groups is 1. The molecule has 2 heterocycles. The van der Waals surface area contributed by atoms with Gasteiger partial charge in [-0.15, -0.1) is 0 Å². The van der Waals surface area contributed by atoms with Crippen LogP contribution in [0.15, 0.2) is 12.7 Å². The van der Waals surface area contributed by atoms with Crippen LogP contribution < -0.4 is 5.32 Å². The lowest BCUT2D eigenvalue weighted by Gasteiger charge is -2.19. The lowest BCUT2D eigenvalue weighted by molar-refractivity contribution is -0.117. The van der Waals surface area contributed by atoms with Crippen molar-refractivity contribution in [3.63, 3.8) is 0 Å². The SMILES string of the molecule is C=CC(=O)NC[C@H]1C[C@@H]2O[C@H](CO)[C@@H](C)[C@@H]2O1. The zero-order valence-corrected chi connectivity index (χ0v) is 9.96. The summed E-state index contributed by atoms with van der Waals surface area (Å²) in [6.45, 7) is 5.94. The molecule has 5 nitrogen and oxygen atoms in total. The predicted octanol–water partition coefficient (Wildman–Crippen LogP) is -0.158. The summed E-state index contributed by atoms with van der Waals surface area (Å²) in [6.07, 6.45) is 1.98. The van der Waals surface area contributed by atoms with Gasteiger partial charge in [0.05, 0.1) is 31.0 Å². The molecule has 5 atom stereocenters. The van der Waals surface area contributed by atoms with Crippen LogP contribution in [0.25, 0.3) is 0 Å². The Morgan fingerprint density at radius 3 is 2.94 bits per heavy atom. The van der Waals surface area contributed by atoms with Crippen molar-refractivity contribution >= 4 is 5.91 Å². The highest BCUT2D eigenvalue weighted by Gasteiger charge is 2.48. The van der Waals surface area contributed by atoms with E-state index in [1.165, 1.54) is 6.08 Å². The molecule has 0 unspecified atom stereocenters. The van der Waals surface area contributed by atoms with Gasteiger partial charge in [-0.05, 0) is 6.08 Å². The van der Waals surface area contributed by atoms with Crippen LogP contribution in [0.5, 0.6) is 0 Å². The Kier molecular flexibility index (Phi) is 3.81. The maximum absolute atomic E-state index is 11.0. The fourth-order valence-electron chi connectivity index (χ4n) is 2.54. The van der Waals surface area contributed by atoms with Gasteiger partial charge in [-0.1, -0.05) is 13.5 Å². The number of ether oxygens (including phenoxy) is 2. The number of aliphatic hydroxyl groups excluding tert-OH is 1. The summed E-state index contributed by atoms with van der Waals surface area (Å²) in [6, 6.07) is 0. The van der Waals surface area contributed by atoms with Crippen LogP contribution in [0.3, 0.4) is 0 Å². The van der Waals surface area contributed by atoms with Gasteiger partial charge in [-0.25, -0.2) is 0 Å². The van der Waals surface area contributed by atoms with E-state index in [0.717, 1.165) is 6.42 Å². The molecule has 0 aliphatic carbocycles. The van der Waals surface area contributed by atoms with E-state index in [1.54, 1.807) is 0 Å². The van der Waals surface area contributed by atoms with Gasteiger partial charge in [0.15, 0.2) is 0 Å². The number of nitrogens with one attached hydrogen (secondary N) is 1. The molecule has 0 spiro atoms. The third-order valence-corrected chi connectivity index (χ3v) is 3.53. The van der Waals surface area contributed by atoms with Crippen LogP contribution in [0.4, 0.5) is 0 Å². The molecule has 0 radical (unpaired) electrons. The van der Waals surface area contributed by atoms with Crippen molar-refractivity contribution in [3.8, 4) is 0 Å². The fraction of sp³-hybridized carbons (Fsp3) is 0.750. The third kappa shape index (κ3) is 2.51. The molecule has 17 heavy (non-hydrogen) atoms. The number of carbonyl (C=O) groups is 1. The average molecular weight is 241 g/mol. The van der Waals surface area contributed by atoms with Crippen molar-refractivity contribution in [2.45, 2.75) is 37.8 Å². The molecule has 2 aliphatic heterocycles. The minimum absolute atomic E-state index is 0.00371. The summed E-state index contributed by atoms with van der Waals surface area (Å²) in [5, 5.41) is 11.8. The Bertz CT molecular complexity index is 307. The topological polar surface area (TPSA) is 67.8 Å². The van der Waals surface area contributed by atoms with Crippen molar-refractivity contribution < 1.29 is 19.4 Å². The van der Waals surface area contributed by atoms with E-state index >= 15 is 0 Å². The Hall–Kier alpha value is -0.910. The molecule has 2 N–H and O–H groups in total. The summed E-state index contributed by atoms with van der Waals surface area (Å²) in [5.74, 6) is 0.0120. The number of amides is 1. The normalized spacial score (nSPS) is 40.0. The summed E-state index contributed by atoms with van der Waals surface area (Å²) in [4.78, 5) is 11.0. The number of hydrogen-bond donors (Lipinski definition) is 2. The second-order valence-corrected chi connectivity index (χ2v) is 4.66. The minimum atomic E-state index is -0.187. The highest BCUT2D eigenvalue weighted by molar-refractivity contribution is 5.86. The van der Waals surface area contributed by atoms with Crippen LogP contribution in [-0.2, 0) is 14.3 Å². The Morgan fingerprint density at radius 1 is 1.59 bits per heavy atom. The first-order chi connectivity index (χ1) is 8.15. The van der Waals surface area contributed by atoms with Crippen LogP contribution >= 0.6 is 0 Å². The second kappa shape index (κ2) is 5.16. The first-order valence-corrected chi connectivity index (χ1v) is 5.97. The van der Waals surface area contributed by atoms with E-state index in [1.807, 2.05) is 6.92 Å². The zero-order chi connectivity index (χ0) is 12.4. The van der Waals surface area contributed by atoms with Crippen LogP contribution in [0.1, 0.15) is 13.3 Å². The zero-order valence-electron chi connectivity index (χ0n) is 9.96. The van der Waals surface area contributed by atoms with E-state index in [-0.39, 0.29) is 42.8 Å². The Morgan fingerprint density at radius 2 is 2.35 bits per heavy atom. The first kappa shape index (κ1) is 12.5. The lowest BCUT2D eigenvalue weighted by Crippen LogP contribution is -2.33. The molecule has 0 aromatic rings. The number of carbonyl (C=O) groups excluding carboxylic acids is 1. The van der Waals surface area contributed by atoms with Crippen LogP contribution in [0, 0.1) is 5.92 Å². The van der Waals surface area contributed by atoms with E-state index in [2.05, 4.69) is 11.9 Å².